The van der Waals surface area contributed by atoms with Crippen LogP contribution < -0.4 is 0 Å². The number of hydrogen-bond acceptors (Lipinski definition) is 3. The largest absolute Gasteiger partial charge is 0.481 e. The lowest BCUT2D eigenvalue weighted by molar-refractivity contribution is -0.142. The standard InChI is InChI=1S/C12H24N2O4S/c1-3-5-8-13(4-2)19(17,18)14-9-6-11(7-10-14)12(15)16/h11H,3-10H2,1-2H3,(H,15,16). The highest BCUT2D eigenvalue weighted by Gasteiger charge is 2.33. The van der Waals surface area contributed by atoms with Crippen LogP contribution in [-0.4, -0.2) is 54.3 Å². The van der Waals surface area contributed by atoms with Crippen molar-refractivity contribution in [1.82, 2.24) is 8.61 Å². The number of hydrogen-bond donors (Lipinski definition) is 1. The van der Waals surface area contributed by atoms with Gasteiger partial charge in [-0.1, -0.05) is 20.3 Å². The molecule has 0 unspecified atom stereocenters. The molecule has 0 aromatic carbocycles. The molecule has 1 N–H and O–H groups in total. The summed E-state index contributed by atoms with van der Waals surface area (Å²) >= 11 is 0. The molecule has 19 heavy (non-hydrogen) atoms. The average molecular weight is 292 g/mol. The Bertz CT molecular complexity index is 389. The molecule has 0 aromatic heterocycles. The second kappa shape index (κ2) is 7.21. The van der Waals surface area contributed by atoms with Gasteiger partial charge in [0.15, 0.2) is 0 Å². The molecular formula is C12H24N2O4S. The smallest absolute Gasteiger partial charge is 0.306 e. The van der Waals surface area contributed by atoms with E-state index < -0.39 is 22.1 Å². The van der Waals surface area contributed by atoms with Crippen LogP contribution in [0.3, 0.4) is 0 Å². The van der Waals surface area contributed by atoms with Crippen molar-refractivity contribution in [2.75, 3.05) is 26.2 Å². The monoisotopic (exact) mass is 292 g/mol. The van der Waals surface area contributed by atoms with Gasteiger partial charge in [0.1, 0.15) is 0 Å². The molecule has 1 aliphatic heterocycles. The summed E-state index contributed by atoms with van der Waals surface area (Å²) in [7, 11) is -3.42. The van der Waals surface area contributed by atoms with Crippen LogP contribution in [0.5, 0.6) is 0 Å². The maximum Gasteiger partial charge on any atom is 0.306 e. The Morgan fingerprint density at radius 3 is 2.32 bits per heavy atom. The Balaban J connectivity index is 2.65. The normalized spacial score (nSPS) is 18.9. The fraction of sp³-hybridized carbons (Fsp3) is 0.917. The van der Waals surface area contributed by atoms with E-state index in [-0.39, 0.29) is 0 Å². The fourth-order valence-electron chi connectivity index (χ4n) is 2.27. The number of unbranched alkanes of at least 4 members (excludes halogenated alkanes) is 1. The first kappa shape index (κ1) is 16.4. The van der Waals surface area contributed by atoms with E-state index in [4.69, 9.17) is 5.11 Å². The van der Waals surface area contributed by atoms with Crippen LogP contribution in [-0.2, 0) is 15.0 Å². The molecule has 1 saturated heterocycles. The van der Waals surface area contributed by atoms with Gasteiger partial charge < -0.3 is 5.11 Å². The predicted molar refractivity (Wildman–Crippen MR) is 73.0 cm³/mol. The number of carbonyl (C=O) groups is 1. The molecule has 0 aliphatic carbocycles. The van der Waals surface area contributed by atoms with Crippen LogP contribution in [0.15, 0.2) is 0 Å². The number of aliphatic carboxylic acids is 1. The lowest BCUT2D eigenvalue weighted by Crippen LogP contribution is -2.48. The maximum absolute atomic E-state index is 12.4. The molecule has 1 rings (SSSR count). The van der Waals surface area contributed by atoms with E-state index >= 15 is 0 Å². The summed E-state index contributed by atoms with van der Waals surface area (Å²) in [4.78, 5) is 10.9. The van der Waals surface area contributed by atoms with Gasteiger partial charge >= 0.3 is 5.97 Å². The first-order chi connectivity index (χ1) is 8.93. The molecule has 0 bridgehead atoms. The first-order valence-electron chi connectivity index (χ1n) is 6.91. The minimum Gasteiger partial charge on any atom is -0.481 e. The van der Waals surface area contributed by atoms with E-state index in [2.05, 4.69) is 0 Å². The summed E-state index contributed by atoms with van der Waals surface area (Å²) in [6.45, 7) is 5.47. The van der Waals surface area contributed by atoms with Gasteiger partial charge in [-0.3, -0.25) is 4.79 Å². The average Bonchev–Trinajstić information content (AvgIpc) is 2.39. The van der Waals surface area contributed by atoms with Crippen LogP contribution in [0, 0.1) is 5.92 Å². The topological polar surface area (TPSA) is 77.9 Å². The molecule has 0 amide bonds. The predicted octanol–water partition coefficient (Wildman–Crippen LogP) is 1.15. The van der Waals surface area contributed by atoms with Crippen LogP contribution >= 0.6 is 0 Å². The van der Waals surface area contributed by atoms with Gasteiger partial charge in [0.05, 0.1) is 5.92 Å². The Morgan fingerprint density at radius 1 is 1.32 bits per heavy atom. The van der Waals surface area contributed by atoms with Crippen molar-refractivity contribution in [2.24, 2.45) is 5.92 Å². The lowest BCUT2D eigenvalue weighted by Gasteiger charge is -2.33. The van der Waals surface area contributed by atoms with Crippen molar-refractivity contribution >= 4 is 16.2 Å². The molecule has 1 heterocycles. The SMILES string of the molecule is CCCCN(CC)S(=O)(=O)N1CCC(C(=O)O)CC1. The molecule has 6 nitrogen and oxygen atoms in total. The third-order valence-electron chi connectivity index (χ3n) is 3.57. The Kier molecular flexibility index (Phi) is 6.22. The van der Waals surface area contributed by atoms with Gasteiger partial charge in [-0.25, -0.2) is 0 Å². The third-order valence-corrected chi connectivity index (χ3v) is 5.68. The van der Waals surface area contributed by atoms with Crippen molar-refractivity contribution in [3.63, 3.8) is 0 Å². The van der Waals surface area contributed by atoms with E-state index in [0.29, 0.717) is 39.0 Å². The van der Waals surface area contributed by atoms with Gasteiger partial charge in [0, 0.05) is 26.2 Å². The molecule has 112 valence electrons. The van der Waals surface area contributed by atoms with Gasteiger partial charge in [-0.05, 0) is 19.3 Å². The second-order valence-electron chi connectivity index (χ2n) is 4.86. The molecule has 0 atom stereocenters. The lowest BCUT2D eigenvalue weighted by atomic mass is 9.99. The van der Waals surface area contributed by atoms with E-state index in [1.54, 1.807) is 0 Å². The molecule has 0 saturated carbocycles. The highest BCUT2D eigenvalue weighted by atomic mass is 32.2. The van der Waals surface area contributed by atoms with Crippen molar-refractivity contribution < 1.29 is 18.3 Å². The summed E-state index contributed by atoms with van der Waals surface area (Å²) < 4.78 is 27.7. The maximum atomic E-state index is 12.4. The molecule has 0 radical (unpaired) electrons. The number of nitrogens with zero attached hydrogens (tertiary/aromatic N) is 2. The van der Waals surface area contributed by atoms with Crippen molar-refractivity contribution in [2.45, 2.75) is 39.5 Å². The summed E-state index contributed by atoms with van der Waals surface area (Å²) in [6, 6.07) is 0. The van der Waals surface area contributed by atoms with E-state index in [0.717, 1.165) is 12.8 Å². The quantitative estimate of drug-likeness (QED) is 0.763. The van der Waals surface area contributed by atoms with Crippen molar-refractivity contribution in [3.05, 3.63) is 0 Å². The zero-order valence-electron chi connectivity index (χ0n) is 11.7. The van der Waals surface area contributed by atoms with E-state index in [1.807, 2.05) is 13.8 Å². The highest BCUT2D eigenvalue weighted by Crippen LogP contribution is 2.21. The van der Waals surface area contributed by atoms with Crippen LogP contribution in [0.1, 0.15) is 39.5 Å². The molecular weight excluding hydrogens is 268 g/mol. The van der Waals surface area contributed by atoms with Crippen LogP contribution in [0.25, 0.3) is 0 Å². The number of carboxylic acids is 1. The Labute approximate surface area is 115 Å². The summed E-state index contributed by atoms with van der Waals surface area (Å²) in [6.07, 6.45) is 2.60. The Morgan fingerprint density at radius 2 is 1.89 bits per heavy atom. The van der Waals surface area contributed by atoms with Gasteiger partial charge in [0.2, 0.25) is 0 Å². The molecule has 0 aromatic rings. The minimum atomic E-state index is -3.42. The molecule has 7 heteroatoms. The molecule has 1 aliphatic rings. The van der Waals surface area contributed by atoms with Crippen molar-refractivity contribution in [1.29, 1.82) is 0 Å². The van der Waals surface area contributed by atoms with Crippen LogP contribution in [0.2, 0.25) is 0 Å². The van der Waals surface area contributed by atoms with E-state index in [1.165, 1.54) is 8.61 Å². The first-order valence-corrected chi connectivity index (χ1v) is 8.31. The fourth-order valence-corrected chi connectivity index (χ4v) is 3.95. The van der Waals surface area contributed by atoms with Crippen LogP contribution in [0.4, 0.5) is 0 Å². The number of rotatable bonds is 7. The summed E-state index contributed by atoms with van der Waals surface area (Å²) in [5.41, 5.74) is 0. The summed E-state index contributed by atoms with van der Waals surface area (Å²) in [5.74, 6) is -1.23. The van der Waals surface area contributed by atoms with Gasteiger partial charge in [-0.15, -0.1) is 0 Å². The van der Waals surface area contributed by atoms with Gasteiger partial charge in [0.25, 0.3) is 10.2 Å². The number of piperidine rings is 1. The second-order valence-corrected chi connectivity index (χ2v) is 6.79. The molecule has 1 fully saturated rings. The van der Waals surface area contributed by atoms with E-state index in [9.17, 15) is 13.2 Å². The summed E-state index contributed by atoms with van der Waals surface area (Å²) in [5, 5.41) is 8.92. The number of carboxylic acid groups (broad SMARTS) is 1. The molecule has 0 spiro atoms. The van der Waals surface area contributed by atoms with Gasteiger partial charge in [-0.2, -0.15) is 17.0 Å². The zero-order chi connectivity index (χ0) is 14.5. The third kappa shape index (κ3) is 4.15. The van der Waals surface area contributed by atoms with Crippen molar-refractivity contribution in [3.8, 4) is 0 Å². The highest BCUT2D eigenvalue weighted by molar-refractivity contribution is 7.86. The zero-order valence-corrected chi connectivity index (χ0v) is 12.5. The minimum absolute atomic E-state index is 0.307. The Hall–Kier alpha value is -0.660.